The zero-order chi connectivity index (χ0) is 15.0. The standard InChI is InChI=1S/C15H31N3O2/c1-2-3-9-18-15(20)13(17)14(19)12(16)10-11-7-5-4-6-8-11/h11-14,19H,2-10,16-17H2,1H3,(H,18,20)/t12-,13?,14-/m0/s1. The van der Waals surface area contributed by atoms with Crippen LogP contribution in [0.3, 0.4) is 0 Å². The predicted molar refractivity (Wildman–Crippen MR) is 81.1 cm³/mol. The summed E-state index contributed by atoms with van der Waals surface area (Å²) in [6.45, 7) is 2.66. The highest BCUT2D eigenvalue weighted by Crippen LogP contribution is 2.27. The van der Waals surface area contributed by atoms with Gasteiger partial charge in [-0.15, -0.1) is 0 Å². The Balaban J connectivity index is 2.33. The van der Waals surface area contributed by atoms with Crippen molar-refractivity contribution in [1.82, 2.24) is 5.32 Å². The maximum Gasteiger partial charge on any atom is 0.239 e. The molecular weight excluding hydrogens is 254 g/mol. The molecule has 0 aromatic rings. The minimum Gasteiger partial charge on any atom is -0.389 e. The van der Waals surface area contributed by atoms with Crippen molar-refractivity contribution < 1.29 is 9.90 Å². The molecule has 1 fully saturated rings. The molecular formula is C15H31N3O2. The Morgan fingerprint density at radius 1 is 1.30 bits per heavy atom. The number of rotatable bonds is 8. The Morgan fingerprint density at radius 2 is 1.95 bits per heavy atom. The molecule has 0 aliphatic heterocycles. The molecule has 1 aliphatic carbocycles. The van der Waals surface area contributed by atoms with E-state index < -0.39 is 18.2 Å². The molecule has 6 N–H and O–H groups in total. The van der Waals surface area contributed by atoms with Crippen molar-refractivity contribution in [1.29, 1.82) is 0 Å². The van der Waals surface area contributed by atoms with Crippen LogP contribution in [0.4, 0.5) is 0 Å². The number of carbonyl (C=O) groups excluding carboxylic acids is 1. The number of hydrogen-bond donors (Lipinski definition) is 4. The van der Waals surface area contributed by atoms with E-state index in [4.69, 9.17) is 11.5 Å². The molecule has 118 valence electrons. The van der Waals surface area contributed by atoms with Crippen molar-refractivity contribution in [2.45, 2.75) is 76.5 Å². The molecule has 0 heterocycles. The van der Waals surface area contributed by atoms with Gasteiger partial charge in [0.1, 0.15) is 6.04 Å². The summed E-state index contributed by atoms with van der Waals surface area (Å²) in [5, 5.41) is 12.9. The van der Waals surface area contributed by atoms with Crippen LogP contribution in [0.2, 0.25) is 0 Å². The smallest absolute Gasteiger partial charge is 0.239 e. The predicted octanol–water partition coefficient (Wildman–Crippen LogP) is 0.889. The van der Waals surface area contributed by atoms with E-state index in [-0.39, 0.29) is 5.91 Å². The summed E-state index contributed by atoms with van der Waals surface area (Å²) in [5.74, 6) is 0.272. The van der Waals surface area contributed by atoms with Gasteiger partial charge in [0, 0.05) is 12.6 Å². The minimum absolute atomic E-state index is 0.301. The number of carbonyl (C=O) groups is 1. The van der Waals surface area contributed by atoms with Crippen molar-refractivity contribution in [3.8, 4) is 0 Å². The van der Waals surface area contributed by atoms with Crippen LogP contribution in [0, 0.1) is 5.92 Å². The molecule has 1 amide bonds. The zero-order valence-corrected chi connectivity index (χ0v) is 12.7. The Hall–Kier alpha value is -0.650. The SMILES string of the molecule is CCCCNC(=O)C(N)[C@@H](O)[C@@H](N)CC1CCCCC1. The van der Waals surface area contributed by atoms with E-state index in [0.29, 0.717) is 12.5 Å². The third-order valence-electron chi connectivity index (χ3n) is 4.27. The summed E-state index contributed by atoms with van der Waals surface area (Å²) >= 11 is 0. The summed E-state index contributed by atoms with van der Waals surface area (Å²) in [7, 11) is 0. The van der Waals surface area contributed by atoms with Gasteiger partial charge in [0.25, 0.3) is 0 Å². The van der Waals surface area contributed by atoms with E-state index in [1.807, 2.05) is 0 Å². The third kappa shape index (κ3) is 5.77. The molecule has 0 radical (unpaired) electrons. The second-order valence-corrected chi connectivity index (χ2v) is 6.06. The first-order valence-electron chi connectivity index (χ1n) is 8.03. The first-order valence-corrected chi connectivity index (χ1v) is 8.03. The fraction of sp³-hybridized carbons (Fsp3) is 0.933. The molecule has 0 saturated heterocycles. The molecule has 0 aromatic heterocycles. The highest BCUT2D eigenvalue weighted by molar-refractivity contribution is 5.82. The van der Waals surface area contributed by atoms with E-state index in [2.05, 4.69) is 12.2 Å². The van der Waals surface area contributed by atoms with Crippen LogP contribution in [-0.4, -0.2) is 35.7 Å². The maximum absolute atomic E-state index is 11.8. The van der Waals surface area contributed by atoms with Gasteiger partial charge in [-0.3, -0.25) is 4.79 Å². The Labute approximate surface area is 122 Å². The fourth-order valence-corrected chi connectivity index (χ4v) is 2.87. The highest BCUT2D eigenvalue weighted by Gasteiger charge is 2.29. The van der Waals surface area contributed by atoms with Crippen molar-refractivity contribution in [3.05, 3.63) is 0 Å². The van der Waals surface area contributed by atoms with Crippen molar-refractivity contribution in [2.75, 3.05) is 6.54 Å². The molecule has 3 atom stereocenters. The summed E-state index contributed by atoms with van der Waals surface area (Å²) in [4.78, 5) is 11.8. The summed E-state index contributed by atoms with van der Waals surface area (Å²) in [6, 6.07) is -1.34. The van der Waals surface area contributed by atoms with Crippen LogP contribution in [0.5, 0.6) is 0 Å². The summed E-state index contributed by atoms with van der Waals surface area (Å²) in [5.41, 5.74) is 11.8. The Bertz CT molecular complexity index is 280. The average molecular weight is 285 g/mol. The van der Waals surface area contributed by atoms with Crippen LogP contribution in [0.25, 0.3) is 0 Å². The molecule has 1 unspecified atom stereocenters. The molecule has 0 bridgehead atoms. The molecule has 5 nitrogen and oxygen atoms in total. The van der Waals surface area contributed by atoms with Crippen LogP contribution < -0.4 is 16.8 Å². The third-order valence-corrected chi connectivity index (χ3v) is 4.27. The highest BCUT2D eigenvalue weighted by atomic mass is 16.3. The number of amides is 1. The quantitative estimate of drug-likeness (QED) is 0.497. The fourth-order valence-electron chi connectivity index (χ4n) is 2.87. The van der Waals surface area contributed by atoms with Crippen LogP contribution >= 0.6 is 0 Å². The number of unbranched alkanes of at least 4 members (excludes halogenated alkanes) is 1. The van der Waals surface area contributed by atoms with Gasteiger partial charge in [0.15, 0.2) is 0 Å². The van der Waals surface area contributed by atoms with Crippen LogP contribution in [0.15, 0.2) is 0 Å². The lowest BCUT2D eigenvalue weighted by Gasteiger charge is -2.29. The van der Waals surface area contributed by atoms with Gasteiger partial charge in [0.05, 0.1) is 6.10 Å². The van der Waals surface area contributed by atoms with Gasteiger partial charge in [0.2, 0.25) is 5.91 Å². The summed E-state index contributed by atoms with van der Waals surface area (Å²) < 4.78 is 0. The molecule has 1 saturated carbocycles. The van der Waals surface area contributed by atoms with Crippen LogP contribution in [-0.2, 0) is 4.79 Å². The van der Waals surface area contributed by atoms with E-state index in [1.165, 1.54) is 32.1 Å². The van der Waals surface area contributed by atoms with Gasteiger partial charge < -0.3 is 21.9 Å². The van der Waals surface area contributed by atoms with E-state index in [1.54, 1.807) is 0 Å². The average Bonchev–Trinajstić information content (AvgIpc) is 2.46. The van der Waals surface area contributed by atoms with Crippen molar-refractivity contribution in [3.63, 3.8) is 0 Å². The monoisotopic (exact) mass is 285 g/mol. The molecule has 5 heteroatoms. The second kappa shape index (κ2) is 9.32. The first-order chi connectivity index (χ1) is 9.56. The molecule has 0 aromatic carbocycles. The minimum atomic E-state index is -0.960. The van der Waals surface area contributed by atoms with Crippen molar-refractivity contribution in [2.24, 2.45) is 17.4 Å². The second-order valence-electron chi connectivity index (χ2n) is 6.06. The molecule has 20 heavy (non-hydrogen) atoms. The topological polar surface area (TPSA) is 101 Å². The van der Waals surface area contributed by atoms with Gasteiger partial charge >= 0.3 is 0 Å². The van der Waals surface area contributed by atoms with E-state index in [0.717, 1.165) is 19.3 Å². The van der Waals surface area contributed by atoms with Crippen LogP contribution in [0.1, 0.15) is 58.3 Å². The number of nitrogens with two attached hydrogens (primary N) is 2. The lowest BCUT2D eigenvalue weighted by molar-refractivity contribution is -0.125. The first kappa shape index (κ1) is 17.4. The largest absolute Gasteiger partial charge is 0.389 e. The number of hydrogen-bond acceptors (Lipinski definition) is 4. The van der Waals surface area contributed by atoms with Crippen molar-refractivity contribution >= 4 is 5.91 Å². The molecule has 1 aliphatic rings. The Kier molecular flexibility index (Phi) is 8.11. The van der Waals surface area contributed by atoms with E-state index in [9.17, 15) is 9.90 Å². The molecule has 1 rings (SSSR count). The normalized spacial score (nSPS) is 21.2. The maximum atomic E-state index is 11.8. The lowest BCUT2D eigenvalue weighted by Crippen LogP contribution is -2.55. The van der Waals surface area contributed by atoms with Gasteiger partial charge in [-0.2, -0.15) is 0 Å². The van der Waals surface area contributed by atoms with Gasteiger partial charge in [-0.1, -0.05) is 45.4 Å². The lowest BCUT2D eigenvalue weighted by atomic mass is 9.83. The summed E-state index contributed by atoms with van der Waals surface area (Å²) in [6.07, 6.45) is 7.89. The van der Waals surface area contributed by atoms with Gasteiger partial charge in [-0.25, -0.2) is 0 Å². The Morgan fingerprint density at radius 3 is 2.55 bits per heavy atom. The number of aliphatic hydroxyl groups excluding tert-OH is 1. The zero-order valence-electron chi connectivity index (χ0n) is 12.7. The van der Waals surface area contributed by atoms with E-state index >= 15 is 0 Å². The number of nitrogens with one attached hydrogen (secondary N) is 1. The van der Waals surface area contributed by atoms with Gasteiger partial charge in [-0.05, 0) is 18.8 Å². The molecule has 0 spiro atoms. The number of aliphatic hydroxyl groups is 1.